The van der Waals surface area contributed by atoms with Gasteiger partial charge in [0.2, 0.25) is 5.56 Å². The van der Waals surface area contributed by atoms with E-state index in [2.05, 4.69) is 34.4 Å². The molecular weight excluding hydrogens is 416 g/mol. The van der Waals surface area contributed by atoms with Crippen LogP contribution in [-0.4, -0.2) is 47.9 Å². The summed E-state index contributed by atoms with van der Waals surface area (Å²) in [5.41, 5.74) is 1.14. The van der Waals surface area contributed by atoms with Crippen molar-refractivity contribution in [3.63, 3.8) is 0 Å². The van der Waals surface area contributed by atoms with Gasteiger partial charge in [-0.05, 0) is 37.4 Å². The van der Waals surface area contributed by atoms with E-state index >= 15 is 0 Å². The van der Waals surface area contributed by atoms with E-state index in [1.165, 1.54) is 12.1 Å². The van der Waals surface area contributed by atoms with E-state index in [0.29, 0.717) is 28.2 Å². The molecule has 2 aromatic carbocycles. The Bertz CT molecular complexity index is 1160. The number of anilines is 1. The number of H-pyrrole nitrogens is 1. The molecule has 7 nitrogen and oxygen atoms in total. The third kappa shape index (κ3) is 5.51. The average molecular weight is 441 g/mol. The minimum Gasteiger partial charge on any atom is -0.351 e. The maximum atomic E-state index is 12.9. The number of aromatic amines is 1. The Morgan fingerprint density at radius 3 is 2.48 bits per heavy atom. The number of amides is 2. The van der Waals surface area contributed by atoms with Crippen molar-refractivity contribution in [3.05, 3.63) is 75.0 Å². The minimum atomic E-state index is -0.447. The van der Waals surface area contributed by atoms with Crippen LogP contribution in [0, 0.1) is 0 Å². The van der Waals surface area contributed by atoms with E-state index < -0.39 is 5.91 Å². The molecule has 0 atom stereocenters. The molecular formula is C23H25ClN4O3. The number of hydrogen-bond acceptors (Lipinski definition) is 4. The molecule has 162 valence electrons. The number of rotatable bonds is 8. The highest BCUT2D eigenvalue weighted by Crippen LogP contribution is 2.22. The molecule has 0 unspecified atom stereocenters. The first-order valence-electron chi connectivity index (χ1n) is 10.2. The summed E-state index contributed by atoms with van der Waals surface area (Å²) < 4.78 is 0. The zero-order chi connectivity index (χ0) is 22.4. The largest absolute Gasteiger partial charge is 0.351 e. The molecule has 0 radical (unpaired) electrons. The fourth-order valence-corrected chi connectivity index (χ4v) is 3.53. The smallest absolute Gasteiger partial charge is 0.256 e. The Morgan fingerprint density at radius 1 is 1.00 bits per heavy atom. The van der Waals surface area contributed by atoms with Crippen LogP contribution >= 0.6 is 11.6 Å². The van der Waals surface area contributed by atoms with Gasteiger partial charge in [-0.1, -0.05) is 43.6 Å². The van der Waals surface area contributed by atoms with Gasteiger partial charge >= 0.3 is 0 Å². The molecule has 31 heavy (non-hydrogen) atoms. The summed E-state index contributed by atoms with van der Waals surface area (Å²) in [6, 6.07) is 13.0. The van der Waals surface area contributed by atoms with Crippen LogP contribution in [0.3, 0.4) is 0 Å². The van der Waals surface area contributed by atoms with Gasteiger partial charge in [0, 0.05) is 35.7 Å². The Labute approximate surface area is 185 Å². The predicted molar refractivity (Wildman–Crippen MR) is 124 cm³/mol. The minimum absolute atomic E-state index is 0.250. The first-order valence-corrected chi connectivity index (χ1v) is 10.5. The van der Waals surface area contributed by atoms with Gasteiger partial charge in [0.1, 0.15) is 0 Å². The Kier molecular flexibility index (Phi) is 7.44. The third-order valence-corrected chi connectivity index (χ3v) is 5.40. The number of fused-ring (bicyclic) bond motifs is 1. The standard InChI is InChI=1S/C23H25ClN4O3/c1-3-28(4-2)12-11-25-22(30)18-13-15(9-10-19(18)24)26-23(31)17-14-21(29)27-20-8-6-5-7-16(17)20/h5-10,13-14H,3-4,11-12H2,1-2H3,(H,25,30)(H,26,31)(H,27,29). The van der Waals surface area contributed by atoms with Gasteiger partial charge in [0.05, 0.1) is 16.1 Å². The molecule has 0 fully saturated rings. The second kappa shape index (κ2) is 10.2. The van der Waals surface area contributed by atoms with E-state index in [1.54, 1.807) is 36.4 Å². The molecule has 1 aromatic heterocycles. The SMILES string of the molecule is CCN(CC)CCNC(=O)c1cc(NC(=O)c2cc(=O)[nH]c3ccccc23)ccc1Cl. The molecule has 3 aromatic rings. The Hall–Kier alpha value is -3.16. The van der Waals surface area contributed by atoms with Gasteiger partial charge in [0.25, 0.3) is 11.8 Å². The first-order chi connectivity index (χ1) is 14.9. The number of halogens is 1. The highest BCUT2D eigenvalue weighted by molar-refractivity contribution is 6.34. The molecule has 0 spiro atoms. The zero-order valence-corrected chi connectivity index (χ0v) is 18.3. The molecule has 3 N–H and O–H groups in total. The van der Waals surface area contributed by atoms with Gasteiger partial charge < -0.3 is 20.5 Å². The summed E-state index contributed by atoms with van der Waals surface area (Å²) in [6.45, 7) is 7.18. The summed E-state index contributed by atoms with van der Waals surface area (Å²) in [6.07, 6.45) is 0. The van der Waals surface area contributed by atoms with Crippen LogP contribution in [0.15, 0.2) is 53.3 Å². The maximum absolute atomic E-state index is 12.9. The van der Waals surface area contributed by atoms with Crippen LogP contribution in [0.25, 0.3) is 10.9 Å². The van der Waals surface area contributed by atoms with Crippen LogP contribution < -0.4 is 16.2 Å². The summed E-state index contributed by atoms with van der Waals surface area (Å²) in [7, 11) is 0. The van der Waals surface area contributed by atoms with Crippen LogP contribution in [-0.2, 0) is 0 Å². The Balaban J connectivity index is 1.77. The van der Waals surface area contributed by atoms with Crippen LogP contribution in [0.1, 0.15) is 34.6 Å². The van der Waals surface area contributed by atoms with Gasteiger partial charge in [-0.3, -0.25) is 14.4 Å². The van der Waals surface area contributed by atoms with Crippen molar-refractivity contribution in [1.29, 1.82) is 0 Å². The lowest BCUT2D eigenvalue weighted by Crippen LogP contribution is -2.34. The van der Waals surface area contributed by atoms with Gasteiger partial charge in [-0.15, -0.1) is 0 Å². The molecule has 0 aliphatic heterocycles. The fraction of sp³-hybridized carbons (Fsp3) is 0.261. The van der Waals surface area contributed by atoms with E-state index in [-0.39, 0.29) is 22.6 Å². The number of benzene rings is 2. The topological polar surface area (TPSA) is 94.3 Å². The fourth-order valence-electron chi connectivity index (χ4n) is 3.33. The molecule has 0 bridgehead atoms. The monoisotopic (exact) mass is 440 g/mol. The van der Waals surface area contributed by atoms with Crippen molar-refractivity contribution >= 4 is 40.0 Å². The van der Waals surface area contributed by atoms with Crippen molar-refractivity contribution < 1.29 is 9.59 Å². The van der Waals surface area contributed by atoms with Crippen molar-refractivity contribution in [3.8, 4) is 0 Å². The van der Waals surface area contributed by atoms with Crippen LogP contribution in [0.5, 0.6) is 0 Å². The number of para-hydroxylation sites is 1. The molecule has 0 aliphatic rings. The van der Waals surface area contributed by atoms with E-state index in [9.17, 15) is 14.4 Å². The number of carbonyl (C=O) groups is 2. The molecule has 0 saturated heterocycles. The van der Waals surface area contributed by atoms with Crippen molar-refractivity contribution in [1.82, 2.24) is 15.2 Å². The molecule has 0 saturated carbocycles. The number of nitrogens with one attached hydrogen (secondary N) is 3. The zero-order valence-electron chi connectivity index (χ0n) is 17.5. The van der Waals surface area contributed by atoms with Gasteiger partial charge in [-0.2, -0.15) is 0 Å². The van der Waals surface area contributed by atoms with Crippen molar-refractivity contribution in [2.45, 2.75) is 13.8 Å². The molecule has 3 rings (SSSR count). The quantitative estimate of drug-likeness (QED) is 0.499. The van der Waals surface area contributed by atoms with E-state index in [4.69, 9.17) is 11.6 Å². The van der Waals surface area contributed by atoms with Crippen LogP contribution in [0.2, 0.25) is 5.02 Å². The van der Waals surface area contributed by atoms with Crippen molar-refractivity contribution in [2.75, 3.05) is 31.5 Å². The lowest BCUT2D eigenvalue weighted by atomic mass is 10.1. The number of likely N-dealkylation sites (N-methyl/N-ethyl adjacent to an activating group) is 1. The summed E-state index contributed by atoms with van der Waals surface area (Å²) in [4.78, 5) is 42.3. The molecule has 0 aliphatic carbocycles. The van der Waals surface area contributed by atoms with Crippen molar-refractivity contribution in [2.24, 2.45) is 0 Å². The van der Waals surface area contributed by atoms with E-state index in [0.717, 1.165) is 19.6 Å². The number of hydrogen-bond donors (Lipinski definition) is 3. The molecule has 1 heterocycles. The van der Waals surface area contributed by atoms with Gasteiger partial charge in [-0.25, -0.2) is 0 Å². The molecule has 2 amide bonds. The number of aromatic nitrogens is 1. The third-order valence-electron chi connectivity index (χ3n) is 5.07. The van der Waals surface area contributed by atoms with E-state index in [1.807, 2.05) is 0 Å². The van der Waals surface area contributed by atoms with Crippen LogP contribution in [0.4, 0.5) is 5.69 Å². The normalized spacial score (nSPS) is 11.0. The summed E-state index contributed by atoms with van der Waals surface area (Å²) in [5, 5.41) is 6.53. The lowest BCUT2D eigenvalue weighted by Gasteiger charge is -2.18. The number of nitrogens with zero attached hydrogens (tertiary/aromatic N) is 1. The second-order valence-corrected chi connectivity index (χ2v) is 7.43. The average Bonchev–Trinajstić information content (AvgIpc) is 2.77. The summed E-state index contributed by atoms with van der Waals surface area (Å²) in [5.74, 6) is -0.757. The summed E-state index contributed by atoms with van der Waals surface area (Å²) >= 11 is 6.21. The highest BCUT2D eigenvalue weighted by atomic mass is 35.5. The number of pyridine rings is 1. The lowest BCUT2D eigenvalue weighted by molar-refractivity contribution is 0.0947. The second-order valence-electron chi connectivity index (χ2n) is 7.02. The molecule has 8 heteroatoms. The number of carbonyl (C=O) groups excluding carboxylic acids is 2. The Morgan fingerprint density at radius 2 is 1.74 bits per heavy atom. The highest BCUT2D eigenvalue weighted by Gasteiger charge is 2.15. The van der Waals surface area contributed by atoms with Gasteiger partial charge in [0.15, 0.2) is 0 Å². The predicted octanol–water partition coefficient (Wildman–Crippen LogP) is 3.51. The first kappa shape index (κ1) is 22.5. The maximum Gasteiger partial charge on any atom is 0.256 e.